The van der Waals surface area contributed by atoms with Gasteiger partial charge in [-0.05, 0) is 105 Å². The Labute approximate surface area is 169 Å². The summed E-state index contributed by atoms with van der Waals surface area (Å²) in [5.41, 5.74) is 0.846. The summed E-state index contributed by atoms with van der Waals surface area (Å²) in [5.74, 6) is 0.332. The topological polar surface area (TPSA) is 74.6 Å². The van der Waals surface area contributed by atoms with E-state index in [2.05, 4.69) is 13.8 Å². The van der Waals surface area contributed by atoms with Gasteiger partial charge in [-0.25, -0.2) is 0 Å². The maximum Gasteiger partial charge on any atom is 0.317 e. The molecular weight excluding hydrogens is 352 g/mol. The quantitative estimate of drug-likeness (QED) is 0.599. The first-order valence-electron chi connectivity index (χ1n) is 11.7. The third-order valence-electron chi connectivity index (χ3n) is 10.2. The van der Waals surface area contributed by atoms with Crippen molar-refractivity contribution in [3.05, 3.63) is 0 Å². The lowest BCUT2D eigenvalue weighted by molar-refractivity contribution is -0.155. The molecular formula is C24H38O4. The fraction of sp³-hybridized carbons (Fsp3) is 0.917. The van der Waals surface area contributed by atoms with Crippen molar-refractivity contribution in [2.24, 2.45) is 46.3 Å². The molecule has 4 nitrogen and oxygen atoms in total. The first-order chi connectivity index (χ1) is 13.3. The number of carbonyl (C=O) groups is 2. The average molecular weight is 391 g/mol. The second kappa shape index (κ2) is 7.32. The van der Waals surface area contributed by atoms with Gasteiger partial charge < -0.3 is 10.2 Å². The van der Waals surface area contributed by atoms with E-state index in [9.17, 15) is 19.8 Å². The monoisotopic (exact) mass is 390 g/mol. The molecule has 4 saturated carbocycles. The van der Waals surface area contributed by atoms with E-state index < -0.39 is 17.9 Å². The Balaban J connectivity index is 1.48. The van der Waals surface area contributed by atoms with Gasteiger partial charge in [0.2, 0.25) is 0 Å². The van der Waals surface area contributed by atoms with Crippen LogP contribution in [0.1, 0.15) is 90.9 Å². The second-order valence-electron chi connectivity index (χ2n) is 11.0. The number of rotatable bonds is 5. The largest absolute Gasteiger partial charge is 0.481 e. The molecule has 0 saturated heterocycles. The van der Waals surface area contributed by atoms with Crippen LogP contribution in [0.15, 0.2) is 0 Å². The lowest BCUT2D eigenvalue weighted by atomic mass is 9.45. The number of aliphatic carboxylic acids is 2. The Morgan fingerprint density at radius 2 is 1.57 bits per heavy atom. The van der Waals surface area contributed by atoms with Crippen molar-refractivity contribution in [2.45, 2.75) is 90.9 Å². The maximum atomic E-state index is 11.3. The minimum absolute atomic E-state index is 0.283. The summed E-state index contributed by atoms with van der Waals surface area (Å²) in [6, 6.07) is 0. The van der Waals surface area contributed by atoms with E-state index >= 15 is 0 Å². The molecule has 0 radical (unpaired) electrons. The van der Waals surface area contributed by atoms with Crippen LogP contribution in [0.3, 0.4) is 0 Å². The summed E-state index contributed by atoms with van der Waals surface area (Å²) < 4.78 is 0. The van der Waals surface area contributed by atoms with Crippen molar-refractivity contribution in [1.29, 1.82) is 0 Å². The van der Waals surface area contributed by atoms with Crippen LogP contribution < -0.4 is 0 Å². The van der Waals surface area contributed by atoms with Crippen LogP contribution in [0.4, 0.5) is 0 Å². The number of carboxylic acid groups (broad SMARTS) is 2. The highest BCUT2D eigenvalue weighted by atomic mass is 16.4. The average Bonchev–Trinajstić information content (AvgIpc) is 2.97. The van der Waals surface area contributed by atoms with Gasteiger partial charge in [-0.1, -0.05) is 26.7 Å². The summed E-state index contributed by atoms with van der Waals surface area (Å²) in [4.78, 5) is 22.6. The molecule has 0 aromatic rings. The van der Waals surface area contributed by atoms with Crippen molar-refractivity contribution in [1.82, 2.24) is 0 Å². The molecule has 158 valence electrons. The number of hydrogen-bond donors (Lipinski definition) is 2. The fourth-order valence-corrected chi connectivity index (χ4v) is 8.60. The molecule has 0 aromatic heterocycles. The lowest BCUT2D eigenvalue weighted by Gasteiger charge is -2.60. The van der Waals surface area contributed by atoms with Gasteiger partial charge in [-0.2, -0.15) is 0 Å². The second-order valence-corrected chi connectivity index (χ2v) is 11.0. The van der Waals surface area contributed by atoms with Gasteiger partial charge in [0.05, 0.1) is 0 Å². The molecule has 4 fully saturated rings. The summed E-state index contributed by atoms with van der Waals surface area (Å²) in [6.07, 6.45) is 14.6. The zero-order valence-corrected chi connectivity index (χ0v) is 17.7. The highest BCUT2D eigenvalue weighted by Crippen LogP contribution is 2.67. The van der Waals surface area contributed by atoms with Crippen molar-refractivity contribution in [3.8, 4) is 0 Å². The highest BCUT2D eigenvalue weighted by molar-refractivity contribution is 5.92. The molecule has 7 atom stereocenters. The zero-order valence-electron chi connectivity index (χ0n) is 17.7. The predicted molar refractivity (Wildman–Crippen MR) is 108 cm³/mol. The molecule has 0 amide bonds. The molecule has 0 aliphatic heterocycles. The molecule has 0 bridgehead atoms. The summed E-state index contributed by atoms with van der Waals surface area (Å²) in [7, 11) is 0. The van der Waals surface area contributed by atoms with Crippen LogP contribution in [0, 0.1) is 46.3 Å². The Kier molecular flexibility index (Phi) is 5.29. The number of hydrogen-bond acceptors (Lipinski definition) is 2. The first kappa shape index (κ1) is 20.2. The predicted octanol–water partition coefficient (Wildman–Crippen LogP) is 5.60. The van der Waals surface area contributed by atoms with E-state index in [1.165, 1.54) is 57.8 Å². The molecule has 2 N–H and O–H groups in total. The SMILES string of the molecule is CC12CCCCC1CCC1C2CCC2(C)C1CC[C@@H]2CCC(C(=O)O)C(=O)O. The van der Waals surface area contributed by atoms with E-state index in [0.717, 1.165) is 36.5 Å². The molecule has 6 unspecified atom stereocenters. The van der Waals surface area contributed by atoms with Gasteiger partial charge in [-0.3, -0.25) is 9.59 Å². The highest BCUT2D eigenvalue weighted by Gasteiger charge is 2.59. The minimum atomic E-state index is -1.24. The van der Waals surface area contributed by atoms with E-state index in [-0.39, 0.29) is 6.42 Å². The number of carboxylic acids is 2. The van der Waals surface area contributed by atoms with Crippen molar-refractivity contribution in [2.75, 3.05) is 0 Å². The molecule has 28 heavy (non-hydrogen) atoms. The molecule has 0 spiro atoms. The third kappa shape index (κ3) is 3.10. The van der Waals surface area contributed by atoms with E-state index in [0.29, 0.717) is 16.7 Å². The standard InChI is InChI=1S/C24H38O4/c1-23-13-4-3-5-15(23)6-9-17-19-11-8-16(24(19,2)14-12-20(17)23)7-10-18(21(25)26)22(27)28/h15-20H,3-14H2,1-2H3,(H,25,26)(H,27,28)/t15?,16-,17?,19?,20?,23?,24?/m0/s1. The Hall–Kier alpha value is -1.06. The summed E-state index contributed by atoms with van der Waals surface area (Å²) in [5, 5.41) is 18.5. The Morgan fingerprint density at radius 3 is 2.29 bits per heavy atom. The van der Waals surface area contributed by atoms with Gasteiger partial charge in [0.25, 0.3) is 0 Å². The van der Waals surface area contributed by atoms with Crippen LogP contribution in [-0.2, 0) is 9.59 Å². The van der Waals surface area contributed by atoms with Gasteiger partial charge in [-0.15, -0.1) is 0 Å². The molecule has 4 rings (SSSR count). The minimum Gasteiger partial charge on any atom is -0.481 e. The maximum absolute atomic E-state index is 11.3. The van der Waals surface area contributed by atoms with Crippen molar-refractivity contribution >= 4 is 11.9 Å². The van der Waals surface area contributed by atoms with Crippen LogP contribution in [0.25, 0.3) is 0 Å². The fourth-order valence-electron chi connectivity index (χ4n) is 8.60. The number of fused-ring (bicyclic) bond motifs is 5. The van der Waals surface area contributed by atoms with Crippen LogP contribution in [-0.4, -0.2) is 22.2 Å². The molecule has 0 aromatic carbocycles. The lowest BCUT2D eigenvalue weighted by Crippen LogP contribution is -2.52. The molecule has 0 heterocycles. The van der Waals surface area contributed by atoms with Crippen LogP contribution >= 0.6 is 0 Å². The van der Waals surface area contributed by atoms with Crippen LogP contribution in [0.2, 0.25) is 0 Å². The van der Waals surface area contributed by atoms with E-state index in [4.69, 9.17) is 0 Å². The Bertz CT molecular complexity index is 616. The van der Waals surface area contributed by atoms with Gasteiger partial charge in [0.1, 0.15) is 0 Å². The van der Waals surface area contributed by atoms with Gasteiger partial charge in [0.15, 0.2) is 5.92 Å². The smallest absolute Gasteiger partial charge is 0.317 e. The third-order valence-corrected chi connectivity index (χ3v) is 10.2. The normalized spacial score (nSPS) is 45.2. The molecule has 4 aliphatic carbocycles. The summed E-state index contributed by atoms with van der Waals surface area (Å²) >= 11 is 0. The Morgan fingerprint density at radius 1 is 0.857 bits per heavy atom. The van der Waals surface area contributed by atoms with Crippen molar-refractivity contribution in [3.63, 3.8) is 0 Å². The summed E-state index contributed by atoms with van der Waals surface area (Å²) in [6.45, 7) is 5.06. The van der Waals surface area contributed by atoms with E-state index in [1.54, 1.807) is 0 Å². The zero-order chi connectivity index (χ0) is 20.1. The van der Waals surface area contributed by atoms with Crippen LogP contribution in [0.5, 0.6) is 0 Å². The van der Waals surface area contributed by atoms with Gasteiger partial charge in [0, 0.05) is 0 Å². The van der Waals surface area contributed by atoms with Gasteiger partial charge >= 0.3 is 11.9 Å². The first-order valence-corrected chi connectivity index (χ1v) is 11.7. The van der Waals surface area contributed by atoms with E-state index in [1.807, 2.05) is 0 Å². The van der Waals surface area contributed by atoms with Crippen molar-refractivity contribution < 1.29 is 19.8 Å². The molecule has 4 heteroatoms. The molecule has 4 aliphatic rings.